The molecule has 0 amide bonds. The van der Waals surface area contributed by atoms with Gasteiger partial charge in [0.1, 0.15) is 6.61 Å². The van der Waals surface area contributed by atoms with Crippen LogP contribution >= 0.6 is 0 Å². The van der Waals surface area contributed by atoms with Gasteiger partial charge in [-0.3, -0.25) is 0 Å². The molecule has 1 aliphatic carbocycles. The first-order chi connectivity index (χ1) is 13.2. The van der Waals surface area contributed by atoms with Crippen molar-refractivity contribution in [2.24, 2.45) is 23.7 Å². The highest BCUT2D eigenvalue weighted by Crippen LogP contribution is 2.64. The van der Waals surface area contributed by atoms with Crippen molar-refractivity contribution >= 4 is 0 Å². The van der Waals surface area contributed by atoms with Crippen LogP contribution in [-0.2, 0) is 24.0 Å². The molecule has 4 aliphatic heterocycles. The molecule has 0 aromatic heterocycles. The Hall–Kier alpha value is -0.620. The molecule has 1 spiro atoms. The van der Waals surface area contributed by atoms with Gasteiger partial charge in [-0.1, -0.05) is 13.8 Å². The fourth-order valence-corrected chi connectivity index (χ4v) is 5.68. The lowest BCUT2D eigenvalue weighted by atomic mass is 9.57. The van der Waals surface area contributed by atoms with E-state index in [1.165, 1.54) is 13.8 Å². The topological polar surface area (TPSA) is 46.2 Å². The molecular weight excluding hydrogens is 410 g/mol. The Bertz CT molecular complexity index is 656. The van der Waals surface area contributed by atoms with E-state index in [0.717, 1.165) is 0 Å². The third kappa shape index (κ3) is 3.10. The highest BCUT2D eigenvalue weighted by molar-refractivity contribution is 5.12. The van der Waals surface area contributed by atoms with Crippen molar-refractivity contribution in [3.05, 3.63) is 0 Å². The third-order valence-electron chi connectivity index (χ3n) is 7.11. The van der Waals surface area contributed by atoms with Gasteiger partial charge in [0, 0.05) is 18.3 Å². The Kier molecular flexibility index (Phi) is 4.80. The van der Waals surface area contributed by atoms with Crippen molar-refractivity contribution in [2.75, 3.05) is 6.61 Å². The molecular formula is C18H24F6O5. The third-order valence-corrected chi connectivity index (χ3v) is 7.11. The molecule has 0 N–H and O–H groups in total. The zero-order valence-electron chi connectivity index (χ0n) is 16.2. The minimum atomic E-state index is -5.21. The summed E-state index contributed by atoms with van der Waals surface area (Å²) >= 11 is 0. The van der Waals surface area contributed by atoms with Gasteiger partial charge in [0.2, 0.25) is 5.79 Å². The Morgan fingerprint density at radius 2 is 1.62 bits per heavy atom. The highest BCUT2D eigenvalue weighted by Gasteiger charge is 2.77. The average molecular weight is 434 g/mol. The van der Waals surface area contributed by atoms with E-state index in [0.29, 0.717) is 25.7 Å². The van der Waals surface area contributed by atoms with Crippen molar-refractivity contribution in [2.45, 2.75) is 82.3 Å². The fraction of sp³-hybridized carbons (Fsp3) is 1.00. The number of ether oxygens (including phenoxy) is 3. The maximum absolute atomic E-state index is 14.2. The van der Waals surface area contributed by atoms with Gasteiger partial charge in [0.25, 0.3) is 5.79 Å². The summed E-state index contributed by atoms with van der Waals surface area (Å²) in [5.74, 6) is -7.21. The summed E-state index contributed by atoms with van der Waals surface area (Å²) in [4.78, 5) is 11.2. The Balaban J connectivity index is 1.80. The summed E-state index contributed by atoms with van der Waals surface area (Å²) < 4.78 is 96.5. The van der Waals surface area contributed by atoms with Gasteiger partial charge in [0.15, 0.2) is 11.9 Å². The number of halogens is 6. The fourth-order valence-electron chi connectivity index (χ4n) is 5.68. The van der Waals surface area contributed by atoms with Crippen LogP contribution in [0.15, 0.2) is 0 Å². The second-order valence-electron chi connectivity index (χ2n) is 8.89. The largest absolute Gasteiger partial charge is 0.443 e. The first-order valence-corrected chi connectivity index (χ1v) is 9.74. The van der Waals surface area contributed by atoms with Gasteiger partial charge in [-0.05, 0) is 38.0 Å². The molecule has 0 aromatic carbocycles. The van der Waals surface area contributed by atoms with Gasteiger partial charge >= 0.3 is 12.4 Å². The Labute approximate surface area is 163 Å². The maximum atomic E-state index is 14.2. The molecule has 29 heavy (non-hydrogen) atoms. The molecule has 0 radical (unpaired) electrons. The minimum Gasteiger partial charge on any atom is -0.333 e. The number of rotatable bonds is 2. The second kappa shape index (κ2) is 6.44. The lowest BCUT2D eigenvalue weighted by Gasteiger charge is -2.62. The number of alkyl halides is 6. The first-order valence-electron chi connectivity index (χ1n) is 9.74. The summed E-state index contributed by atoms with van der Waals surface area (Å²) in [6.45, 7) is 2.61. The molecule has 8 atom stereocenters. The highest BCUT2D eigenvalue weighted by atomic mass is 19.4. The number of hydrogen-bond donors (Lipinski definition) is 0. The van der Waals surface area contributed by atoms with Crippen LogP contribution in [0.1, 0.15) is 46.5 Å². The normalized spacial score (nSPS) is 50.2. The molecule has 1 saturated carbocycles. The SMILES string of the molecule is C[C@@H]1CC[C@H]2[C@@H](C)[C@](OCC(F)(F)F)(C(F)(F)F)O[C@@H]3O[C@@]4(C)CC[C@@H]1[C@]32OO4. The van der Waals surface area contributed by atoms with Crippen LogP contribution in [-0.4, -0.2) is 42.4 Å². The van der Waals surface area contributed by atoms with Crippen LogP contribution in [0.4, 0.5) is 26.3 Å². The number of hydrogen-bond acceptors (Lipinski definition) is 5. The molecule has 2 bridgehead atoms. The minimum absolute atomic E-state index is 0.103. The lowest BCUT2D eigenvalue weighted by molar-refractivity contribution is -0.599. The van der Waals surface area contributed by atoms with Crippen molar-refractivity contribution in [3.8, 4) is 0 Å². The van der Waals surface area contributed by atoms with E-state index >= 15 is 0 Å². The van der Waals surface area contributed by atoms with Crippen molar-refractivity contribution in [1.82, 2.24) is 0 Å². The molecule has 0 aromatic rings. The van der Waals surface area contributed by atoms with Crippen LogP contribution in [0.5, 0.6) is 0 Å². The Morgan fingerprint density at radius 1 is 0.931 bits per heavy atom. The monoisotopic (exact) mass is 434 g/mol. The quantitative estimate of drug-likeness (QED) is 0.466. The lowest BCUT2D eigenvalue weighted by Crippen LogP contribution is -2.76. The molecule has 4 heterocycles. The molecule has 11 heteroatoms. The first kappa shape index (κ1) is 21.6. The van der Waals surface area contributed by atoms with Crippen LogP contribution in [0.2, 0.25) is 0 Å². The van der Waals surface area contributed by atoms with E-state index in [1.807, 2.05) is 6.92 Å². The summed E-state index contributed by atoms with van der Waals surface area (Å²) in [6.07, 6.45) is -9.86. The van der Waals surface area contributed by atoms with Gasteiger partial charge in [-0.15, -0.1) is 0 Å². The van der Waals surface area contributed by atoms with Crippen molar-refractivity contribution in [1.29, 1.82) is 0 Å². The van der Waals surface area contributed by atoms with Crippen molar-refractivity contribution in [3.63, 3.8) is 0 Å². The van der Waals surface area contributed by atoms with E-state index in [1.54, 1.807) is 0 Å². The molecule has 4 saturated heterocycles. The second-order valence-corrected chi connectivity index (χ2v) is 8.89. The van der Waals surface area contributed by atoms with Gasteiger partial charge < -0.3 is 14.2 Å². The maximum Gasteiger partial charge on any atom is 0.443 e. The predicted molar refractivity (Wildman–Crippen MR) is 83.8 cm³/mol. The van der Waals surface area contributed by atoms with Crippen LogP contribution in [0, 0.1) is 23.7 Å². The Morgan fingerprint density at radius 3 is 2.24 bits per heavy atom. The van der Waals surface area contributed by atoms with E-state index in [2.05, 4.69) is 4.74 Å². The standard InChI is InChI=1S/C18H24F6O5/c1-9-4-5-12-10(2)17(18(22,23)24,25-8-15(19,20)21)27-13-16(12)11(9)6-7-14(3,26-13)28-29-16/h9-13H,4-8H2,1-3H3/t9-,10-,11+,12+,13+,14-,16-,17-/m1/s1. The average Bonchev–Trinajstić information content (AvgIpc) is 2.81. The molecule has 5 fully saturated rings. The van der Waals surface area contributed by atoms with Crippen molar-refractivity contribution < 1.29 is 50.3 Å². The van der Waals surface area contributed by atoms with Crippen LogP contribution < -0.4 is 0 Å². The summed E-state index contributed by atoms with van der Waals surface area (Å²) in [7, 11) is 0. The smallest absolute Gasteiger partial charge is 0.333 e. The van der Waals surface area contributed by atoms with E-state index in [9.17, 15) is 26.3 Å². The summed E-state index contributed by atoms with van der Waals surface area (Å²) in [6, 6.07) is 0. The van der Waals surface area contributed by atoms with Gasteiger partial charge in [-0.25, -0.2) is 9.78 Å². The molecule has 168 valence electrons. The van der Waals surface area contributed by atoms with Crippen LogP contribution in [0.25, 0.3) is 0 Å². The predicted octanol–water partition coefficient (Wildman–Crippen LogP) is 4.71. The number of fused-ring (bicyclic) bond motifs is 2. The van der Waals surface area contributed by atoms with Gasteiger partial charge in [-0.2, -0.15) is 26.3 Å². The zero-order valence-corrected chi connectivity index (χ0v) is 16.2. The molecule has 5 nitrogen and oxygen atoms in total. The molecule has 0 unspecified atom stereocenters. The molecule has 5 aliphatic rings. The van der Waals surface area contributed by atoms with Crippen LogP contribution in [0.3, 0.4) is 0 Å². The summed E-state index contributed by atoms with van der Waals surface area (Å²) in [5.41, 5.74) is -1.33. The molecule has 5 rings (SSSR count). The van der Waals surface area contributed by atoms with Gasteiger partial charge in [0.05, 0.1) is 0 Å². The van der Waals surface area contributed by atoms with E-state index < -0.39 is 54.3 Å². The van der Waals surface area contributed by atoms with E-state index in [-0.39, 0.29) is 11.8 Å². The van der Waals surface area contributed by atoms with E-state index in [4.69, 9.17) is 19.2 Å². The zero-order chi connectivity index (χ0) is 21.5. The summed E-state index contributed by atoms with van der Waals surface area (Å²) in [5, 5.41) is 0.